The Bertz CT molecular complexity index is 969. The zero-order valence-corrected chi connectivity index (χ0v) is 15.5. The topological polar surface area (TPSA) is 96.3 Å². The molecule has 0 radical (unpaired) electrons. The quantitative estimate of drug-likeness (QED) is 0.845. The van der Waals surface area contributed by atoms with Crippen molar-refractivity contribution in [3.8, 4) is 0 Å². The SMILES string of the molecule is CC1CC(=O)Nc2c1c(NC(=O)C1CC(=O)N(c3ccc(F)cc3)C1)nn2C. The minimum atomic E-state index is -0.538. The summed E-state index contributed by atoms with van der Waals surface area (Å²) in [7, 11) is 1.70. The lowest BCUT2D eigenvalue weighted by Crippen LogP contribution is -2.28. The fourth-order valence-corrected chi connectivity index (χ4v) is 3.78. The first-order valence-electron chi connectivity index (χ1n) is 9.07. The highest BCUT2D eigenvalue weighted by molar-refractivity contribution is 6.04. The van der Waals surface area contributed by atoms with Crippen LogP contribution in [0, 0.1) is 11.7 Å². The number of halogens is 1. The second-order valence-electron chi connectivity index (χ2n) is 7.26. The molecule has 0 aliphatic carbocycles. The second-order valence-corrected chi connectivity index (χ2v) is 7.26. The van der Waals surface area contributed by atoms with Gasteiger partial charge in [0.1, 0.15) is 11.6 Å². The van der Waals surface area contributed by atoms with Gasteiger partial charge in [0.15, 0.2) is 5.82 Å². The number of hydrogen-bond acceptors (Lipinski definition) is 4. The predicted molar refractivity (Wildman–Crippen MR) is 100 cm³/mol. The van der Waals surface area contributed by atoms with Gasteiger partial charge < -0.3 is 15.5 Å². The molecule has 0 saturated carbocycles. The Morgan fingerprint density at radius 3 is 2.68 bits per heavy atom. The Morgan fingerprint density at radius 2 is 1.96 bits per heavy atom. The van der Waals surface area contributed by atoms with Crippen LogP contribution in [0.5, 0.6) is 0 Å². The van der Waals surface area contributed by atoms with Gasteiger partial charge in [0.2, 0.25) is 17.7 Å². The molecule has 1 fully saturated rings. The van der Waals surface area contributed by atoms with Crippen molar-refractivity contribution in [1.82, 2.24) is 9.78 Å². The molecule has 2 aliphatic rings. The van der Waals surface area contributed by atoms with E-state index in [2.05, 4.69) is 15.7 Å². The molecule has 2 atom stereocenters. The average molecular weight is 385 g/mol. The number of hydrogen-bond donors (Lipinski definition) is 2. The average Bonchev–Trinajstić information content (AvgIpc) is 3.16. The predicted octanol–water partition coefficient (Wildman–Crippen LogP) is 2.00. The van der Waals surface area contributed by atoms with E-state index in [0.717, 1.165) is 5.56 Å². The Labute approximate surface area is 160 Å². The number of carbonyl (C=O) groups is 3. The molecular weight excluding hydrogens is 365 g/mol. The molecule has 1 aromatic carbocycles. The third kappa shape index (κ3) is 3.12. The van der Waals surface area contributed by atoms with Gasteiger partial charge in [0, 0.05) is 37.7 Å². The molecule has 9 heteroatoms. The van der Waals surface area contributed by atoms with E-state index < -0.39 is 5.92 Å². The van der Waals surface area contributed by atoms with E-state index in [-0.39, 0.29) is 42.4 Å². The molecule has 28 heavy (non-hydrogen) atoms. The highest BCUT2D eigenvalue weighted by Crippen LogP contribution is 2.37. The minimum Gasteiger partial charge on any atom is -0.312 e. The number of benzene rings is 1. The van der Waals surface area contributed by atoms with Gasteiger partial charge in [-0.25, -0.2) is 4.39 Å². The summed E-state index contributed by atoms with van der Waals surface area (Å²) < 4.78 is 14.6. The normalized spacial score (nSPS) is 21.5. The van der Waals surface area contributed by atoms with Crippen molar-refractivity contribution in [3.63, 3.8) is 0 Å². The lowest BCUT2D eigenvalue weighted by Gasteiger charge is -2.20. The van der Waals surface area contributed by atoms with Crippen LogP contribution < -0.4 is 15.5 Å². The third-order valence-corrected chi connectivity index (χ3v) is 5.20. The monoisotopic (exact) mass is 385 g/mol. The van der Waals surface area contributed by atoms with E-state index in [1.165, 1.54) is 33.8 Å². The smallest absolute Gasteiger partial charge is 0.231 e. The maximum absolute atomic E-state index is 13.1. The minimum absolute atomic E-state index is 0.0739. The van der Waals surface area contributed by atoms with Crippen LogP contribution in [-0.4, -0.2) is 34.0 Å². The fourth-order valence-electron chi connectivity index (χ4n) is 3.78. The van der Waals surface area contributed by atoms with Gasteiger partial charge in [-0.15, -0.1) is 0 Å². The first-order chi connectivity index (χ1) is 13.3. The summed E-state index contributed by atoms with van der Waals surface area (Å²) >= 11 is 0. The zero-order chi connectivity index (χ0) is 20.0. The van der Waals surface area contributed by atoms with Gasteiger partial charge in [-0.2, -0.15) is 5.10 Å². The molecule has 0 bridgehead atoms. The standard InChI is InChI=1S/C19H20FN5O3/c1-10-7-14(26)21-18-16(10)17(23-24(18)2)22-19(28)11-8-15(27)25(9-11)13-5-3-12(20)4-6-13/h3-6,10-11H,7-9H2,1-2H3,(H,21,26)(H,22,23,28). The van der Waals surface area contributed by atoms with Crippen LogP contribution in [0.1, 0.15) is 31.2 Å². The summed E-state index contributed by atoms with van der Waals surface area (Å²) in [5.74, 6) is -0.587. The van der Waals surface area contributed by atoms with Gasteiger partial charge in [-0.1, -0.05) is 6.92 Å². The Hall–Kier alpha value is -3.23. The number of anilines is 3. The molecule has 2 N–H and O–H groups in total. The van der Waals surface area contributed by atoms with Crippen LogP contribution in [0.2, 0.25) is 0 Å². The molecule has 2 aromatic rings. The van der Waals surface area contributed by atoms with Gasteiger partial charge in [-0.3, -0.25) is 19.1 Å². The van der Waals surface area contributed by atoms with E-state index in [4.69, 9.17) is 0 Å². The van der Waals surface area contributed by atoms with E-state index >= 15 is 0 Å². The molecule has 1 aromatic heterocycles. The number of nitrogens with zero attached hydrogens (tertiary/aromatic N) is 3. The molecule has 2 unspecified atom stereocenters. The Balaban J connectivity index is 1.51. The van der Waals surface area contributed by atoms with Crippen LogP contribution >= 0.6 is 0 Å². The molecule has 146 valence electrons. The van der Waals surface area contributed by atoms with Crippen molar-refractivity contribution in [2.75, 3.05) is 22.1 Å². The van der Waals surface area contributed by atoms with Gasteiger partial charge >= 0.3 is 0 Å². The van der Waals surface area contributed by atoms with Crippen LogP contribution in [-0.2, 0) is 21.4 Å². The van der Waals surface area contributed by atoms with Crippen molar-refractivity contribution in [2.24, 2.45) is 13.0 Å². The maximum atomic E-state index is 13.1. The molecule has 1 saturated heterocycles. The molecule has 2 aliphatic heterocycles. The largest absolute Gasteiger partial charge is 0.312 e. The van der Waals surface area contributed by atoms with Crippen LogP contribution in [0.4, 0.5) is 21.7 Å². The molecule has 4 rings (SSSR count). The molecule has 8 nitrogen and oxygen atoms in total. The maximum Gasteiger partial charge on any atom is 0.231 e. The molecule has 3 amide bonds. The summed E-state index contributed by atoms with van der Waals surface area (Å²) in [5.41, 5.74) is 1.35. The first-order valence-corrected chi connectivity index (χ1v) is 9.07. The van der Waals surface area contributed by atoms with Crippen molar-refractivity contribution < 1.29 is 18.8 Å². The van der Waals surface area contributed by atoms with Crippen LogP contribution in [0.15, 0.2) is 24.3 Å². The number of carbonyl (C=O) groups excluding carboxylic acids is 3. The lowest BCUT2D eigenvalue weighted by molar-refractivity contribution is -0.122. The Kier molecular flexibility index (Phi) is 4.37. The summed E-state index contributed by atoms with van der Waals surface area (Å²) in [5, 5.41) is 9.92. The molecule has 3 heterocycles. The van der Waals surface area contributed by atoms with Gasteiger partial charge in [0.05, 0.1) is 5.92 Å². The highest BCUT2D eigenvalue weighted by atomic mass is 19.1. The van der Waals surface area contributed by atoms with Crippen molar-refractivity contribution in [1.29, 1.82) is 0 Å². The fraction of sp³-hybridized carbons (Fsp3) is 0.368. The van der Waals surface area contributed by atoms with E-state index in [9.17, 15) is 18.8 Å². The second kappa shape index (κ2) is 6.74. The van der Waals surface area contributed by atoms with E-state index in [1.807, 2.05) is 6.92 Å². The van der Waals surface area contributed by atoms with Crippen molar-refractivity contribution >= 4 is 35.0 Å². The van der Waals surface area contributed by atoms with E-state index in [0.29, 0.717) is 23.7 Å². The first kappa shape index (κ1) is 18.1. The number of aryl methyl sites for hydroxylation is 1. The number of fused-ring (bicyclic) bond motifs is 1. The van der Waals surface area contributed by atoms with Gasteiger partial charge in [-0.05, 0) is 30.2 Å². The number of amides is 3. The summed E-state index contributed by atoms with van der Waals surface area (Å²) in [6.45, 7) is 2.13. The summed E-state index contributed by atoms with van der Waals surface area (Å²) in [6, 6.07) is 5.61. The van der Waals surface area contributed by atoms with Gasteiger partial charge in [0.25, 0.3) is 0 Å². The summed E-state index contributed by atoms with van der Waals surface area (Å²) in [4.78, 5) is 38.3. The van der Waals surface area contributed by atoms with Crippen LogP contribution in [0.3, 0.4) is 0 Å². The number of aromatic nitrogens is 2. The number of rotatable bonds is 3. The lowest BCUT2D eigenvalue weighted by atomic mass is 9.95. The summed E-state index contributed by atoms with van der Waals surface area (Å²) in [6.07, 6.45) is 0.395. The Morgan fingerprint density at radius 1 is 1.25 bits per heavy atom. The van der Waals surface area contributed by atoms with Crippen molar-refractivity contribution in [2.45, 2.75) is 25.7 Å². The molecule has 0 spiro atoms. The third-order valence-electron chi connectivity index (χ3n) is 5.20. The van der Waals surface area contributed by atoms with Crippen molar-refractivity contribution in [3.05, 3.63) is 35.6 Å². The molecular formula is C19H20FN5O3. The van der Waals surface area contributed by atoms with Crippen LogP contribution in [0.25, 0.3) is 0 Å². The number of nitrogens with one attached hydrogen (secondary N) is 2. The highest BCUT2D eigenvalue weighted by Gasteiger charge is 2.37. The van der Waals surface area contributed by atoms with E-state index in [1.54, 1.807) is 7.05 Å². The zero-order valence-electron chi connectivity index (χ0n) is 15.5.